The van der Waals surface area contributed by atoms with Crippen LogP contribution in [0.3, 0.4) is 0 Å². The van der Waals surface area contributed by atoms with Gasteiger partial charge in [0.25, 0.3) is 0 Å². The van der Waals surface area contributed by atoms with E-state index >= 15 is 0 Å². The van der Waals surface area contributed by atoms with Gasteiger partial charge in [0.05, 0.1) is 10.5 Å². The van der Waals surface area contributed by atoms with Gasteiger partial charge in [-0.15, -0.1) is 0 Å². The van der Waals surface area contributed by atoms with Crippen LogP contribution in [0.1, 0.15) is 43.0 Å². The Balaban J connectivity index is 2.26. The van der Waals surface area contributed by atoms with Gasteiger partial charge in [0.2, 0.25) is 10.0 Å². The highest BCUT2D eigenvalue weighted by molar-refractivity contribution is 9.10. The molecule has 1 unspecified atom stereocenters. The van der Waals surface area contributed by atoms with Crippen LogP contribution in [0.25, 0.3) is 0 Å². The van der Waals surface area contributed by atoms with Crippen LogP contribution in [0.2, 0.25) is 0 Å². The maximum atomic E-state index is 12.5. The maximum absolute atomic E-state index is 12.5. The predicted molar refractivity (Wildman–Crippen MR) is 82.8 cm³/mol. The van der Waals surface area contributed by atoms with Gasteiger partial charge in [-0.25, -0.2) is 17.9 Å². The van der Waals surface area contributed by atoms with E-state index in [0.29, 0.717) is 10.4 Å². The third kappa shape index (κ3) is 3.84. The largest absolute Gasteiger partial charge is 0.478 e. The van der Waals surface area contributed by atoms with Crippen LogP contribution >= 0.6 is 15.9 Å². The van der Waals surface area contributed by atoms with Gasteiger partial charge >= 0.3 is 5.97 Å². The van der Waals surface area contributed by atoms with Crippen molar-refractivity contribution in [2.45, 2.75) is 43.5 Å². The van der Waals surface area contributed by atoms with Gasteiger partial charge in [0.1, 0.15) is 0 Å². The van der Waals surface area contributed by atoms with Crippen molar-refractivity contribution in [1.82, 2.24) is 4.72 Å². The van der Waals surface area contributed by atoms with Crippen LogP contribution in [0, 0.1) is 5.92 Å². The number of sulfonamides is 1. The molecule has 0 saturated heterocycles. The molecule has 2 N–H and O–H groups in total. The SMILES string of the molecule is CC(NS(=O)(=O)c1cc(C(=O)O)ccc1Br)C1CCCC1. The number of benzene rings is 1. The second-order valence-corrected chi connectivity index (χ2v) is 7.94. The number of nitrogens with one attached hydrogen (secondary N) is 1. The summed E-state index contributed by atoms with van der Waals surface area (Å²) in [5.41, 5.74) is -0.0490. The lowest BCUT2D eigenvalue weighted by Crippen LogP contribution is -2.37. The van der Waals surface area contributed by atoms with Crippen molar-refractivity contribution in [3.63, 3.8) is 0 Å². The standard InChI is InChI=1S/C14H18BrNO4S/c1-9(10-4-2-3-5-10)16-21(19,20)13-8-11(14(17)18)6-7-12(13)15/h6-10,16H,2-5H2,1H3,(H,17,18). The van der Waals surface area contributed by atoms with E-state index in [1.807, 2.05) is 6.92 Å². The lowest BCUT2D eigenvalue weighted by atomic mass is 10.0. The van der Waals surface area contributed by atoms with Crippen molar-refractivity contribution in [3.05, 3.63) is 28.2 Å². The van der Waals surface area contributed by atoms with E-state index in [9.17, 15) is 13.2 Å². The van der Waals surface area contributed by atoms with Crippen LogP contribution in [0.4, 0.5) is 0 Å². The van der Waals surface area contributed by atoms with Gasteiger partial charge in [-0.3, -0.25) is 0 Å². The smallest absolute Gasteiger partial charge is 0.335 e. The highest BCUT2D eigenvalue weighted by Gasteiger charge is 2.27. The molecule has 2 rings (SSSR count). The molecule has 0 amide bonds. The molecule has 0 aromatic heterocycles. The van der Waals surface area contributed by atoms with Gasteiger partial charge in [-0.1, -0.05) is 12.8 Å². The molecule has 1 fully saturated rings. The molecule has 1 aromatic rings. The fourth-order valence-electron chi connectivity index (χ4n) is 2.70. The van der Waals surface area contributed by atoms with E-state index in [2.05, 4.69) is 20.7 Å². The molecule has 0 bridgehead atoms. The number of carbonyl (C=O) groups is 1. The van der Waals surface area contributed by atoms with Crippen molar-refractivity contribution in [3.8, 4) is 0 Å². The number of carboxylic acids is 1. The number of halogens is 1. The quantitative estimate of drug-likeness (QED) is 0.828. The number of hydrogen-bond donors (Lipinski definition) is 2. The van der Waals surface area contributed by atoms with Gasteiger partial charge in [0.15, 0.2) is 0 Å². The lowest BCUT2D eigenvalue weighted by Gasteiger charge is -2.20. The summed E-state index contributed by atoms with van der Waals surface area (Å²) in [5.74, 6) is -0.802. The molecule has 0 aliphatic heterocycles. The molecule has 21 heavy (non-hydrogen) atoms. The first kappa shape index (κ1) is 16.5. The number of hydrogen-bond acceptors (Lipinski definition) is 3. The fourth-order valence-corrected chi connectivity index (χ4v) is 5.01. The molecule has 1 aromatic carbocycles. The summed E-state index contributed by atoms with van der Waals surface area (Å²) in [4.78, 5) is 11.0. The molecule has 0 radical (unpaired) electrons. The topological polar surface area (TPSA) is 83.5 Å². The minimum Gasteiger partial charge on any atom is -0.478 e. The Morgan fingerprint density at radius 3 is 2.57 bits per heavy atom. The molecule has 1 aliphatic carbocycles. The Morgan fingerprint density at radius 1 is 1.38 bits per heavy atom. The molecule has 0 spiro atoms. The summed E-state index contributed by atoms with van der Waals surface area (Å²) >= 11 is 3.18. The minimum atomic E-state index is -3.74. The van der Waals surface area contributed by atoms with E-state index in [1.54, 1.807) is 0 Å². The summed E-state index contributed by atoms with van der Waals surface area (Å²) in [6.07, 6.45) is 4.32. The van der Waals surface area contributed by atoms with Crippen molar-refractivity contribution in [2.75, 3.05) is 0 Å². The third-order valence-corrected chi connectivity index (χ3v) is 6.47. The lowest BCUT2D eigenvalue weighted by molar-refractivity contribution is 0.0696. The minimum absolute atomic E-state index is 0.0350. The second kappa shape index (κ2) is 6.46. The van der Waals surface area contributed by atoms with E-state index < -0.39 is 16.0 Å². The Bertz CT molecular complexity index is 638. The Kier molecular flexibility index (Phi) is 5.06. The van der Waals surface area contributed by atoms with Crippen LogP contribution in [-0.2, 0) is 10.0 Å². The monoisotopic (exact) mass is 375 g/mol. The molecule has 116 valence electrons. The zero-order valence-corrected chi connectivity index (χ0v) is 14.1. The first-order valence-corrected chi connectivity index (χ1v) is 9.14. The van der Waals surface area contributed by atoms with Crippen molar-refractivity contribution >= 4 is 31.9 Å². The highest BCUT2D eigenvalue weighted by atomic mass is 79.9. The highest BCUT2D eigenvalue weighted by Crippen LogP contribution is 2.29. The van der Waals surface area contributed by atoms with Crippen molar-refractivity contribution < 1.29 is 18.3 Å². The number of rotatable bonds is 5. The summed E-state index contributed by atoms with van der Waals surface area (Å²) in [7, 11) is -3.74. The fraction of sp³-hybridized carbons (Fsp3) is 0.500. The molecule has 0 heterocycles. The average Bonchev–Trinajstić information content (AvgIpc) is 2.92. The summed E-state index contributed by atoms with van der Waals surface area (Å²) in [5, 5.41) is 8.99. The van der Waals surface area contributed by atoms with Crippen molar-refractivity contribution in [1.29, 1.82) is 0 Å². The zero-order valence-electron chi connectivity index (χ0n) is 11.7. The molecule has 1 saturated carbocycles. The number of aromatic carboxylic acids is 1. The van der Waals surface area contributed by atoms with E-state index in [0.717, 1.165) is 25.7 Å². The third-order valence-electron chi connectivity index (χ3n) is 3.92. The summed E-state index contributed by atoms with van der Waals surface area (Å²) < 4.78 is 28.0. The Labute approximate surface area is 132 Å². The van der Waals surface area contributed by atoms with E-state index in [1.165, 1.54) is 18.2 Å². The summed E-state index contributed by atoms with van der Waals surface area (Å²) in [6.45, 7) is 1.86. The normalized spacial score (nSPS) is 17.8. The van der Waals surface area contributed by atoms with Crippen LogP contribution in [0.5, 0.6) is 0 Å². The van der Waals surface area contributed by atoms with Crippen LogP contribution < -0.4 is 4.72 Å². The molecular formula is C14H18BrNO4S. The van der Waals surface area contributed by atoms with Crippen LogP contribution in [-0.4, -0.2) is 25.5 Å². The molecule has 7 heteroatoms. The molecule has 1 atom stereocenters. The van der Waals surface area contributed by atoms with Crippen molar-refractivity contribution in [2.24, 2.45) is 5.92 Å². The number of carboxylic acid groups (broad SMARTS) is 1. The molecule has 1 aliphatic rings. The predicted octanol–water partition coefficient (Wildman–Crippen LogP) is 3.00. The molecule has 5 nitrogen and oxygen atoms in total. The van der Waals surface area contributed by atoms with E-state index in [-0.39, 0.29) is 16.5 Å². The van der Waals surface area contributed by atoms with Gasteiger partial charge in [-0.2, -0.15) is 0 Å². The van der Waals surface area contributed by atoms with E-state index in [4.69, 9.17) is 5.11 Å². The Morgan fingerprint density at radius 2 is 2.00 bits per heavy atom. The van der Waals surface area contributed by atoms with Gasteiger partial charge in [0, 0.05) is 10.5 Å². The maximum Gasteiger partial charge on any atom is 0.335 e. The van der Waals surface area contributed by atoms with Gasteiger partial charge in [-0.05, 0) is 59.8 Å². The second-order valence-electron chi connectivity index (χ2n) is 5.40. The Hall–Kier alpha value is -0.920. The average molecular weight is 376 g/mol. The first-order chi connectivity index (χ1) is 9.81. The van der Waals surface area contributed by atoms with Gasteiger partial charge < -0.3 is 5.11 Å². The summed E-state index contributed by atoms with van der Waals surface area (Å²) in [6, 6.07) is 3.83. The first-order valence-electron chi connectivity index (χ1n) is 6.86. The van der Waals surface area contributed by atoms with Crippen LogP contribution in [0.15, 0.2) is 27.6 Å². The molecular weight excluding hydrogens is 358 g/mol. The zero-order chi connectivity index (χ0) is 15.6.